The second-order valence-electron chi connectivity index (χ2n) is 6.29. The van der Waals surface area contributed by atoms with Crippen LogP contribution in [0.15, 0.2) is 47.1 Å². The van der Waals surface area contributed by atoms with Gasteiger partial charge >= 0.3 is 0 Å². The minimum absolute atomic E-state index is 0. The van der Waals surface area contributed by atoms with E-state index in [4.69, 9.17) is 14.0 Å². The summed E-state index contributed by atoms with van der Waals surface area (Å²) in [5.41, 5.74) is 1.70. The molecule has 2 heterocycles. The Hall–Kier alpha value is -2.90. The van der Waals surface area contributed by atoms with E-state index in [2.05, 4.69) is 27.4 Å². The number of hydrogen-bond acceptors (Lipinski definition) is 7. The summed E-state index contributed by atoms with van der Waals surface area (Å²) < 4.78 is 16.6. The highest BCUT2D eigenvalue weighted by Crippen LogP contribution is 2.26. The number of nitrogens with zero attached hydrogens (tertiary/aromatic N) is 3. The van der Waals surface area contributed by atoms with Crippen LogP contribution in [-0.4, -0.2) is 35.3 Å². The summed E-state index contributed by atoms with van der Waals surface area (Å²) in [7, 11) is 3.53. The Bertz CT molecular complexity index is 915. The number of ether oxygens (including phenoxy) is 2. The maximum Gasteiger partial charge on any atom is 0.250 e. The number of aromatic nitrogens is 3. The predicted octanol–water partition coefficient (Wildman–Crippen LogP) is 3.79. The molecule has 0 spiro atoms. The average molecular weight is 417 g/mol. The highest BCUT2D eigenvalue weighted by molar-refractivity contribution is 5.85. The summed E-state index contributed by atoms with van der Waals surface area (Å²) in [6.07, 6.45) is 6.08. The van der Waals surface area contributed by atoms with Gasteiger partial charge < -0.3 is 19.3 Å². The summed E-state index contributed by atoms with van der Waals surface area (Å²) in [5, 5.41) is 7.16. The van der Waals surface area contributed by atoms with Gasteiger partial charge in [-0.25, -0.2) is 0 Å². The lowest BCUT2D eigenvalue weighted by Crippen LogP contribution is -2.24. The molecule has 0 aliphatic heterocycles. The van der Waals surface area contributed by atoms with Gasteiger partial charge in [0.25, 0.3) is 5.89 Å². The summed E-state index contributed by atoms with van der Waals surface area (Å²) in [6, 6.07) is 11.6. The van der Waals surface area contributed by atoms with Crippen molar-refractivity contribution in [3.63, 3.8) is 0 Å². The lowest BCUT2D eigenvalue weighted by Gasteiger charge is -2.10. The molecular weight excluding hydrogens is 392 g/mol. The van der Waals surface area contributed by atoms with E-state index in [0.29, 0.717) is 30.5 Å². The summed E-state index contributed by atoms with van der Waals surface area (Å²) in [6.45, 7) is 2.44. The number of hydrogen-bond donors (Lipinski definition) is 1. The Morgan fingerprint density at radius 2 is 2.07 bits per heavy atom. The number of benzene rings is 1. The van der Waals surface area contributed by atoms with Crippen molar-refractivity contribution in [1.29, 1.82) is 0 Å². The van der Waals surface area contributed by atoms with Crippen molar-refractivity contribution < 1.29 is 14.0 Å². The van der Waals surface area contributed by atoms with Crippen LogP contribution in [0.3, 0.4) is 0 Å². The second-order valence-corrected chi connectivity index (χ2v) is 6.29. The summed E-state index contributed by atoms with van der Waals surface area (Å²) >= 11 is 0. The molecule has 1 unspecified atom stereocenters. The Morgan fingerprint density at radius 1 is 1.21 bits per heavy atom. The molecule has 0 bridgehead atoms. The van der Waals surface area contributed by atoms with Crippen molar-refractivity contribution in [3.8, 4) is 11.5 Å². The van der Waals surface area contributed by atoms with Crippen molar-refractivity contribution in [1.82, 2.24) is 20.4 Å². The van der Waals surface area contributed by atoms with Crippen LogP contribution in [0.1, 0.15) is 29.9 Å². The molecule has 3 rings (SSSR count). The lowest BCUT2D eigenvalue weighted by atomic mass is 10.1. The normalized spacial score (nSPS) is 11.8. The smallest absolute Gasteiger partial charge is 0.250 e. The predicted molar refractivity (Wildman–Crippen MR) is 114 cm³/mol. The maximum absolute atomic E-state index is 5.94. The van der Waals surface area contributed by atoms with Gasteiger partial charge in [0.15, 0.2) is 5.82 Å². The fourth-order valence-electron chi connectivity index (χ4n) is 2.51. The van der Waals surface area contributed by atoms with Crippen LogP contribution >= 0.6 is 12.4 Å². The molecule has 0 amide bonds. The van der Waals surface area contributed by atoms with Gasteiger partial charge in [0.05, 0.1) is 12.8 Å². The molecule has 8 heteroatoms. The molecule has 0 radical (unpaired) electrons. The Labute approximate surface area is 176 Å². The van der Waals surface area contributed by atoms with Gasteiger partial charge in [-0.15, -0.1) is 12.4 Å². The number of halogens is 1. The molecule has 1 aromatic carbocycles. The van der Waals surface area contributed by atoms with E-state index in [1.54, 1.807) is 19.4 Å². The van der Waals surface area contributed by atoms with Crippen LogP contribution in [0.5, 0.6) is 11.5 Å². The van der Waals surface area contributed by atoms with Gasteiger partial charge in [-0.3, -0.25) is 4.98 Å². The zero-order valence-corrected chi connectivity index (χ0v) is 17.5. The van der Waals surface area contributed by atoms with Gasteiger partial charge in [-0.05, 0) is 50.4 Å². The van der Waals surface area contributed by atoms with E-state index in [0.717, 1.165) is 17.0 Å². The number of nitrogens with one attached hydrogen (secondary N) is 1. The van der Waals surface area contributed by atoms with Crippen LogP contribution < -0.4 is 14.8 Å². The molecule has 0 saturated heterocycles. The lowest BCUT2D eigenvalue weighted by molar-refractivity contribution is 0.300. The maximum atomic E-state index is 5.94. The van der Waals surface area contributed by atoms with Gasteiger partial charge in [-0.2, -0.15) is 4.98 Å². The standard InChI is InChI=1S/C21H24N4O3.ClH/c1-15(22-2)12-20-24-21(28-25-20)10-7-16-13-18(26-3)8-9-19(16)27-14-17-6-4-5-11-23-17;/h4-11,13,15,22H,12,14H2,1-3H3;1H/b10-7+;. The molecule has 3 aromatic rings. The molecule has 29 heavy (non-hydrogen) atoms. The molecule has 1 N–H and O–H groups in total. The molecule has 2 aromatic heterocycles. The fraction of sp³-hybridized carbons (Fsp3) is 0.286. The van der Waals surface area contributed by atoms with Crippen molar-refractivity contribution in [2.45, 2.75) is 26.0 Å². The van der Waals surface area contributed by atoms with E-state index in [1.807, 2.05) is 49.5 Å². The number of methoxy groups -OCH3 is 1. The van der Waals surface area contributed by atoms with E-state index in [1.165, 1.54) is 0 Å². The fourth-order valence-corrected chi connectivity index (χ4v) is 2.51. The number of likely N-dealkylation sites (N-methyl/N-ethyl adjacent to an activating group) is 1. The van der Waals surface area contributed by atoms with Crippen LogP contribution in [0.2, 0.25) is 0 Å². The molecule has 1 atom stereocenters. The molecule has 0 aliphatic rings. The number of pyridine rings is 1. The molecule has 0 fully saturated rings. The van der Waals surface area contributed by atoms with Crippen LogP contribution in [0.25, 0.3) is 12.2 Å². The largest absolute Gasteiger partial charge is 0.497 e. The third-order valence-corrected chi connectivity index (χ3v) is 4.19. The zero-order valence-electron chi connectivity index (χ0n) is 16.7. The third-order valence-electron chi connectivity index (χ3n) is 4.19. The Kier molecular flexibility index (Phi) is 8.64. The molecular formula is C21H25ClN4O3. The van der Waals surface area contributed by atoms with Gasteiger partial charge in [-0.1, -0.05) is 11.2 Å². The molecule has 0 saturated carbocycles. The summed E-state index contributed by atoms with van der Waals surface area (Å²) in [4.78, 5) is 8.67. The minimum atomic E-state index is 0. The first-order valence-electron chi connectivity index (χ1n) is 9.06. The topological polar surface area (TPSA) is 82.3 Å². The second kappa shape index (κ2) is 11.2. The van der Waals surface area contributed by atoms with Crippen LogP contribution in [-0.2, 0) is 13.0 Å². The monoisotopic (exact) mass is 416 g/mol. The van der Waals surface area contributed by atoms with Gasteiger partial charge in [0.2, 0.25) is 0 Å². The highest BCUT2D eigenvalue weighted by atomic mass is 35.5. The quantitative estimate of drug-likeness (QED) is 0.568. The van der Waals surface area contributed by atoms with E-state index >= 15 is 0 Å². The first kappa shape index (κ1) is 22.4. The van der Waals surface area contributed by atoms with Crippen LogP contribution in [0, 0.1) is 0 Å². The molecule has 154 valence electrons. The van der Waals surface area contributed by atoms with Crippen molar-refractivity contribution in [3.05, 3.63) is 65.6 Å². The first-order valence-corrected chi connectivity index (χ1v) is 9.06. The van der Waals surface area contributed by atoms with Gasteiger partial charge in [0, 0.05) is 30.3 Å². The van der Waals surface area contributed by atoms with E-state index in [9.17, 15) is 0 Å². The van der Waals surface area contributed by atoms with Crippen molar-refractivity contribution >= 4 is 24.6 Å². The summed E-state index contributed by atoms with van der Waals surface area (Å²) in [5.74, 6) is 2.56. The van der Waals surface area contributed by atoms with E-state index in [-0.39, 0.29) is 18.4 Å². The average Bonchev–Trinajstić information content (AvgIpc) is 3.18. The number of rotatable bonds is 9. The molecule has 7 nitrogen and oxygen atoms in total. The minimum Gasteiger partial charge on any atom is -0.497 e. The van der Waals surface area contributed by atoms with Crippen LogP contribution in [0.4, 0.5) is 0 Å². The van der Waals surface area contributed by atoms with E-state index < -0.39 is 0 Å². The highest BCUT2D eigenvalue weighted by Gasteiger charge is 2.09. The third kappa shape index (κ3) is 6.58. The molecule has 0 aliphatic carbocycles. The first-order chi connectivity index (χ1) is 13.7. The SMILES string of the molecule is CNC(C)Cc1noc(/C=C/c2cc(OC)ccc2OCc2ccccn2)n1.Cl. The Morgan fingerprint density at radius 3 is 2.79 bits per heavy atom. The van der Waals surface area contributed by atoms with Crippen molar-refractivity contribution in [2.75, 3.05) is 14.2 Å². The van der Waals surface area contributed by atoms with Crippen molar-refractivity contribution in [2.24, 2.45) is 0 Å². The zero-order chi connectivity index (χ0) is 19.8. The Balaban J connectivity index is 0.00000300. The van der Waals surface area contributed by atoms with Gasteiger partial charge in [0.1, 0.15) is 18.1 Å².